The smallest absolute Gasteiger partial charge is 0.253 e. The van der Waals surface area contributed by atoms with Gasteiger partial charge >= 0.3 is 0 Å². The standard InChI is InChI=1S/C19H22N4O.2ClH/c1-12-7-8-16-15(11-12)17(20)13-5-4-6-14(18(13)22-16)19(24)21-9-10-23(2)3;;/h4-8,11H,9-10H2,1-3H3,(H2,20,22)(H,21,24);2*1H. The quantitative estimate of drug-likeness (QED) is 0.665. The molecule has 1 heterocycles. The van der Waals surface area contributed by atoms with Crippen molar-refractivity contribution < 1.29 is 4.79 Å². The molecule has 3 rings (SSSR count). The molecule has 0 atom stereocenters. The summed E-state index contributed by atoms with van der Waals surface area (Å²) in [5, 5.41) is 4.67. The second kappa shape index (κ2) is 9.03. The summed E-state index contributed by atoms with van der Waals surface area (Å²) >= 11 is 0. The topological polar surface area (TPSA) is 71.2 Å². The number of nitrogens with two attached hydrogens (primary N) is 1. The minimum absolute atomic E-state index is 0. The van der Waals surface area contributed by atoms with Crippen molar-refractivity contribution in [1.82, 2.24) is 15.2 Å². The molecule has 2 aromatic carbocycles. The van der Waals surface area contributed by atoms with Gasteiger partial charge < -0.3 is 16.0 Å². The van der Waals surface area contributed by atoms with Gasteiger partial charge in [-0.2, -0.15) is 0 Å². The van der Waals surface area contributed by atoms with Crippen molar-refractivity contribution in [3.63, 3.8) is 0 Å². The van der Waals surface area contributed by atoms with E-state index in [-0.39, 0.29) is 30.7 Å². The molecule has 5 nitrogen and oxygen atoms in total. The van der Waals surface area contributed by atoms with Crippen LogP contribution in [0.2, 0.25) is 0 Å². The molecule has 0 fully saturated rings. The number of aromatic nitrogens is 1. The number of carbonyl (C=O) groups excluding carboxylic acids is 1. The Labute approximate surface area is 165 Å². The van der Waals surface area contributed by atoms with Gasteiger partial charge in [-0.1, -0.05) is 23.8 Å². The van der Waals surface area contributed by atoms with E-state index in [9.17, 15) is 4.79 Å². The molecular weight excluding hydrogens is 371 g/mol. The van der Waals surface area contributed by atoms with Crippen molar-refractivity contribution in [1.29, 1.82) is 0 Å². The minimum Gasteiger partial charge on any atom is -0.398 e. The maximum Gasteiger partial charge on any atom is 0.253 e. The molecule has 140 valence electrons. The molecule has 0 aliphatic heterocycles. The molecule has 3 aromatic rings. The van der Waals surface area contributed by atoms with Gasteiger partial charge in [0, 0.05) is 23.9 Å². The van der Waals surface area contributed by atoms with E-state index >= 15 is 0 Å². The first-order valence-corrected chi connectivity index (χ1v) is 7.99. The highest BCUT2D eigenvalue weighted by atomic mass is 35.5. The molecule has 7 heteroatoms. The number of para-hydroxylation sites is 1. The van der Waals surface area contributed by atoms with Gasteiger partial charge in [-0.05, 0) is 39.2 Å². The molecule has 3 N–H and O–H groups in total. The fraction of sp³-hybridized carbons (Fsp3) is 0.263. The third kappa shape index (κ3) is 4.36. The van der Waals surface area contributed by atoms with E-state index in [2.05, 4.69) is 5.32 Å². The maximum absolute atomic E-state index is 12.5. The number of fused-ring (bicyclic) bond motifs is 2. The van der Waals surface area contributed by atoms with E-state index < -0.39 is 0 Å². The number of hydrogen-bond donors (Lipinski definition) is 2. The number of aryl methyl sites for hydroxylation is 1. The molecule has 0 radical (unpaired) electrons. The van der Waals surface area contributed by atoms with E-state index in [1.165, 1.54) is 0 Å². The molecule has 0 aliphatic carbocycles. The van der Waals surface area contributed by atoms with E-state index in [4.69, 9.17) is 10.7 Å². The molecule has 0 saturated carbocycles. The van der Waals surface area contributed by atoms with Crippen LogP contribution in [0.15, 0.2) is 36.4 Å². The van der Waals surface area contributed by atoms with Crippen LogP contribution in [-0.4, -0.2) is 43.0 Å². The molecular formula is C19H24Cl2N4O. The zero-order chi connectivity index (χ0) is 17.3. The Balaban J connectivity index is 0.00000169. The Morgan fingerprint density at radius 2 is 1.88 bits per heavy atom. The normalized spacial score (nSPS) is 10.5. The average molecular weight is 395 g/mol. The molecule has 0 unspecified atom stereocenters. The van der Waals surface area contributed by atoms with Crippen molar-refractivity contribution in [2.24, 2.45) is 0 Å². The number of anilines is 1. The van der Waals surface area contributed by atoms with Gasteiger partial charge in [0.05, 0.1) is 22.3 Å². The second-order valence-electron chi connectivity index (χ2n) is 6.31. The summed E-state index contributed by atoms with van der Waals surface area (Å²) in [6.07, 6.45) is 0. The molecule has 1 aromatic heterocycles. The number of rotatable bonds is 4. The number of likely N-dealkylation sites (N-methyl/N-ethyl adjacent to an activating group) is 1. The van der Waals surface area contributed by atoms with Gasteiger partial charge in [0.15, 0.2) is 0 Å². The van der Waals surface area contributed by atoms with Gasteiger partial charge in [0.25, 0.3) is 5.91 Å². The summed E-state index contributed by atoms with van der Waals surface area (Å²) in [5.74, 6) is -0.124. The zero-order valence-corrected chi connectivity index (χ0v) is 16.7. The number of halogens is 2. The Bertz CT molecular complexity index is 928. The first kappa shape index (κ1) is 22.0. The predicted octanol–water partition coefficient (Wildman–Crippen LogP) is 3.41. The SMILES string of the molecule is Cc1ccc2nc3c(C(=O)NCCN(C)C)cccc3c(N)c2c1.Cl.Cl. The highest BCUT2D eigenvalue weighted by Crippen LogP contribution is 2.30. The second-order valence-corrected chi connectivity index (χ2v) is 6.31. The van der Waals surface area contributed by atoms with Crippen molar-refractivity contribution in [3.05, 3.63) is 47.5 Å². The van der Waals surface area contributed by atoms with Crippen LogP contribution < -0.4 is 11.1 Å². The Morgan fingerprint density at radius 1 is 1.15 bits per heavy atom. The molecule has 0 aliphatic rings. The molecule has 0 saturated heterocycles. The van der Waals surface area contributed by atoms with Crippen LogP contribution in [-0.2, 0) is 0 Å². The number of amides is 1. The number of carbonyl (C=O) groups is 1. The number of hydrogen-bond acceptors (Lipinski definition) is 4. The predicted molar refractivity (Wildman–Crippen MR) is 114 cm³/mol. The van der Waals surface area contributed by atoms with Crippen molar-refractivity contribution in [3.8, 4) is 0 Å². The lowest BCUT2D eigenvalue weighted by Crippen LogP contribution is -2.31. The van der Waals surface area contributed by atoms with Crippen LogP contribution in [0.1, 0.15) is 15.9 Å². The molecule has 26 heavy (non-hydrogen) atoms. The van der Waals surface area contributed by atoms with Crippen LogP contribution in [0.4, 0.5) is 5.69 Å². The first-order chi connectivity index (χ1) is 11.5. The lowest BCUT2D eigenvalue weighted by atomic mass is 10.0. The molecule has 1 amide bonds. The van der Waals surface area contributed by atoms with E-state index in [1.807, 2.05) is 56.3 Å². The fourth-order valence-electron chi connectivity index (χ4n) is 2.78. The minimum atomic E-state index is -0.124. The monoisotopic (exact) mass is 394 g/mol. The van der Waals surface area contributed by atoms with Crippen molar-refractivity contribution >= 4 is 58.2 Å². The molecule has 0 bridgehead atoms. The van der Waals surface area contributed by atoms with Gasteiger partial charge in [0.2, 0.25) is 0 Å². The van der Waals surface area contributed by atoms with Crippen LogP contribution >= 0.6 is 24.8 Å². The van der Waals surface area contributed by atoms with Crippen LogP contribution in [0.3, 0.4) is 0 Å². The first-order valence-electron chi connectivity index (χ1n) is 7.99. The average Bonchev–Trinajstić information content (AvgIpc) is 2.55. The Hall–Kier alpha value is -2.08. The number of nitrogens with zero attached hydrogens (tertiary/aromatic N) is 2. The van der Waals surface area contributed by atoms with E-state index in [0.29, 0.717) is 23.3 Å². The Morgan fingerprint density at radius 3 is 2.58 bits per heavy atom. The van der Waals surface area contributed by atoms with Gasteiger partial charge in [-0.25, -0.2) is 4.98 Å². The summed E-state index contributed by atoms with van der Waals surface area (Å²) in [4.78, 5) is 19.2. The largest absolute Gasteiger partial charge is 0.398 e. The highest BCUT2D eigenvalue weighted by Gasteiger charge is 2.14. The number of nitrogens with one attached hydrogen (secondary N) is 1. The highest BCUT2D eigenvalue weighted by molar-refractivity contribution is 6.13. The Kier molecular flexibility index (Phi) is 7.63. The molecule has 0 spiro atoms. The van der Waals surface area contributed by atoms with Crippen molar-refractivity contribution in [2.75, 3.05) is 32.9 Å². The summed E-state index contributed by atoms with van der Waals surface area (Å²) in [6, 6.07) is 11.5. The zero-order valence-electron chi connectivity index (χ0n) is 15.1. The van der Waals surface area contributed by atoms with Crippen LogP contribution in [0, 0.1) is 6.92 Å². The summed E-state index contributed by atoms with van der Waals surface area (Å²) in [5.41, 5.74) is 10.2. The van der Waals surface area contributed by atoms with E-state index in [0.717, 1.165) is 28.4 Å². The summed E-state index contributed by atoms with van der Waals surface area (Å²) in [7, 11) is 3.95. The maximum atomic E-state index is 12.5. The summed E-state index contributed by atoms with van der Waals surface area (Å²) < 4.78 is 0. The number of benzene rings is 2. The third-order valence-corrected chi connectivity index (χ3v) is 4.09. The van der Waals surface area contributed by atoms with Gasteiger partial charge in [0.1, 0.15) is 0 Å². The van der Waals surface area contributed by atoms with E-state index in [1.54, 1.807) is 6.07 Å². The van der Waals surface area contributed by atoms with Crippen LogP contribution in [0.25, 0.3) is 21.8 Å². The lowest BCUT2D eigenvalue weighted by molar-refractivity contribution is 0.0952. The number of nitrogen functional groups attached to an aromatic ring is 1. The fourth-order valence-corrected chi connectivity index (χ4v) is 2.78. The van der Waals surface area contributed by atoms with Gasteiger partial charge in [-0.15, -0.1) is 24.8 Å². The van der Waals surface area contributed by atoms with Crippen molar-refractivity contribution in [2.45, 2.75) is 6.92 Å². The third-order valence-electron chi connectivity index (χ3n) is 4.09. The lowest BCUT2D eigenvalue weighted by Gasteiger charge is -2.13. The van der Waals surface area contributed by atoms with Gasteiger partial charge in [-0.3, -0.25) is 4.79 Å². The summed E-state index contributed by atoms with van der Waals surface area (Å²) in [6.45, 7) is 3.40. The van der Waals surface area contributed by atoms with Crippen LogP contribution in [0.5, 0.6) is 0 Å². The number of pyridine rings is 1.